The molecule has 17 heavy (non-hydrogen) atoms. The Morgan fingerprint density at radius 1 is 1.65 bits per heavy atom. The third kappa shape index (κ3) is 3.20. The minimum atomic E-state index is 0.159. The number of hydrogen-bond acceptors (Lipinski definition) is 5. The van der Waals surface area contributed by atoms with Gasteiger partial charge in [-0.15, -0.1) is 0 Å². The average Bonchev–Trinajstić information content (AvgIpc) is 2.70. The quantitative estimate of drug-likeness (QED) is 0.829. The molecule has 1 saturated heterocycles. The monoisotopic (exact) mass is 256 g/mol. The second-order valence-electron chi connectivity index (χ2n) is 4.31. The highest BCUT2D eigenvalue weighted by Gasteiger charge is 2.20. The van der Waals surface area contributed by atoms with Crippen LogP contribution in [0.3, 0.4) is 0 Å². The summed E-state index contributed by atoms with van der Waals surface area (Å²) in [7, 11) is 2.15. The number of nitrogen functional groups attached to an aromatic ring is 1. The third-order valence-electron chi connectivity index (χ3n) is 3.11. The minimum absolute atomic E-state index is 0.159. The number of hydrogen-bond donors (Lipinski definition) is 1. The average molecular weight is 257 g/mol. The summed E-state index contributed by atoms with van der Waals surface area (Å²) >= 11 is 5.68. The first-order valence-electron chi connectivity index (χ1n) is 5.78. The predicted octanol–water partition coefficient (Wildman–Crippen LogP) is 1.58. The van der Waals surface area contributed by atoms with Gasteiger partial charge in [-0.05, 0) is 44.5 Å². The molecule has 6 heteroatoms. The zero-order valence-electron chi connectivity index (χ0n) is 9.90. The van der Waals surface area contributed by atoms with Crippen molar-refractivity contribution in [3.05, 3.63) is 11.5 Å². The molecule has 1 fully saturated rings. The molecule has 1 aliphatic rings. The zero-order chi connectivity index (χ0) is 12.3. The molecule has 1 unspecified atom stereocenters. The van der Waals surface area contributed by atoms with Gasteiger partial charge in [0.05, 0.1) is 12.8 Å². The van der Waals surface area contributed by atoms with Crippen LogP contribution in [-0.2, 0) is 0 Å². The Balaban J connectivity index is 1.83. The molecule has 0 bridgehead atoms. The van der Waals surface area contributed by atoms with Crippen molar-refractivity contribution < 1.29 is 4.74 Å². The molecule has 1 aromatic rings. The summed E-state index contributed by atoms with van der Waals surface area (Å²) in [6, 6.07) is 0.605. The van der Waals surface area contributed by atoms with Crippen LogP contribution in [0.15, 0.2) is 6.20 Å². The lowest BCUT2D eigenvalue weighted by Gasteiger charge is -2.19. The van der Waals surface area contributed by atoms with Crippen LogP contribution in [0, 0.1) is 0 Å². The van der Waals surface area contributed by atoms with E-state index in [1.807, 2.05) is 0 Å². The van der Waals surface area contributed by atoms with Gasteiger partial charge in [-0.3, -0.25) is 0 Å². The Kier molecular flexibility index (Phi) is 4.02. The molecule has 94 valence electrons. The molecule has 2 N–H and O–H groups in total. The van der Waals surface area contributed by atoms with Gasteiger partial charge in [0.15, 0.2) is 0 Å². The van der Waals surface area contributed by atoms with Crippen molar-refractivity contribution in [1.82, 2.24) is 14.9 Å². The van der Waals surface area contributed by atoms with Crippen molar-refractivity contribution in [2.45, 2.75) is 25.3 Å². The van der Waals surface area contributed by atoms with E-state index in [0.29, 0.717) is 24.2 Å². The van der Waals surface area contributed by atoms with Crippen molar-refractivity contribution in [2.24, 2.45) is 0 Å². The second kappa shape index (κ2) is 5.51. The van der Waals surface area contributed by atoms with Crippen molar-refractivity contribution in [3.8, 4) is 5.88 Å². The van der Waals surface area contributed by atoms with Crippen LogP contribution in [0.25, 0.3) is 0 Å². The number of likely N-dealkylation sites (tertiary alicyclic amines) is 1. The maximum atomic E-state index is 5.69. The summed E-state index contributed by atoms with van der Waals surface area (Å²) in [5.74, 6) is 0.380. The van der Waals surface area contributed by atoms with Crippen molar-refractivity contribution in [3.63, 3.8) is 0 Å². The molecule has 0 aliphatic carbocycles. The van der Waals surface area contributed by atoms with Gasteiger partial charge in [0.25, 0.3) is 0 Å². The fourth-order valence-corrected chi connectivity index (χ4v) is 2.23. The number of rotatable bonds is 4. The van der Waals surface area contributed by atoms with Crippen LogP contribution in [0.5, 0.6) is 5.88 Å². The smallest absolute Gasteiger partial charge is 0.241 e. The third-order valence-corrected chi connectivity index (χ3v) is 3.29. The zero-order valence-corrected chi connectivity index (χ0v) is 10.7. The Labute approximate surface area is 106 Å². The highest BCUT2D eigenvalue weighted by molar-refractivity contribution is 6.28. The summed E-state index contributed by atoms with van der Waals surface area (Å²) in [5, 5.41) is 0.159. The summed E-state index contributed by atoms with van der Waals surface area (Å²) in [5.41, 5.74) is 6.12. The molecule has 0 spiro atoms. The fourth-order valence-electron chi connectivity index (χ4n) is 2.11. The summed E-state index contributed by atoms with van der Waals surface area (Å²) in [6.45, 7) is 1.78. The minimum Gasteiger partial charge on any atom is -0.476 e. The van der Waals surface area contributed by atoms with Crippen LogP contribution >= 0.6 is 11.6 Å². The summed E-state index contributed by atoms with van der Waals surface area (Å²) < 4.78 is 5.54. The molecule has 2 heterocycles. The Hall–Kier alpha value is -1.07. The van der Waals surface area contributed by atoms with Crippen LogP contribution in [-0.4, -0.2) is 41.1 Å². The number of nitrogens with zero attached hydrogens (tertiary/aromatic N) is 3. The van der Waals surface area contributed by atoms with E-state index >= 15 is 0 Å². The molecular formula is C11H17ClN4O. The molecule has 0 amide bonds. The van der Waals surface area contributed by atoms with E-state index < -0.39 is 0 Å². The van der Waals surface area contributed by atoms with Crippen LogP contribution in [0.2, 0.25) is 5.28 Å². The fraction of sp³-hybridized carbons (Fsp3) is 0.636. The van der Waals surface area contributed by atoms with Crippen LogP contribution in [0.1, 0.15) is 19.3 Å². The lowest BCUT2D eigenvalue weighted by Crippen LogP contribution is -2.26. The van der Waals surface area contributed by atoms with E-state index in [0.717, 1.165) is 6.42 Å². The molecule has 0 radical (unpaired) electrons. The van der Waals surface area contributed by atoms with Gasteiger partial charge in [-0.25, -0.2) is 4.98 Å². The standard InChI is InChI=1S/C11H17ClN4O/c1-16-5-2-3-8(16)4-6-17-10-9(13)7-14-11(12)15-10/h7-8H,2-6,13H2,1H3. The Morgan fingerprint density at radius 3 is 3.18 bits per heavy atom. The van der Waals surface area contributed by atoms with E-state index in [2.05, 4.69) is 21.9 Å². The van der Waals surface area contributed by atoms with Gasteiger partial charge in [-0.1, -0.05) is 0 Å². The lowest BCUT2D eigenvalue weighted by atomic mass is 10.1. The lowest BCUT2D eigenvalue weighted by molar-refractivity contribution is 0.229. The molecule has 2 rings (SSSR count). The topological polar surface area (TPSA) is 64.3 Å². The molecule has 0 aromatic carbocycles. The Morgan fingerprint density at radius 2 is 2.47 bits per heavy atom. The van der Waals surface area contributed by atoms with Gasteiger partial charge in [-0.2, -0.15) is 4.98 Å². The summed E-state index contributed by atoms with van der Waals surface area (Å²) in [4.78, 5) is 10.1. The molecular weight excluding hydrogens is 240 g/mol. The largest absolute Gasteiger partial charge is 0.476 e. The number of ether oxygens (including phenoxy) is 1. The van der Waals surface area contributed by atoms with Gasteiger partial charge in [0, 0.05) is 6.04 Å². The molecule has 1 aliphatic heterocycles. The van der Waals surface area contributed by atoms with Gasteiger partial charge >= 0.3 is 0 Å². The van der Waals surface area contributed by atoms with Crippen molar-refractivity contribution in [1.29, 1.82) is 0 Å². The van der Waals surface area contributed by atoms with Crippen LogP contribution in [0.4, 0.5) is 5.69 Å². The Bertz CT molecular complexity index is 388. The number of anilines is 1. The maximum absolute atomic E-state index is 5.69. The molecule has 5 nitrogen and oxygen atoms in total. The molecule has 0 saturated carbocycles. The first-order valence-corrected chi connectivity index (χ1v) is 6.15. The number of aromatic nitrogens is 2. The highest BCUT2D eigenvalue weighted by atomic mass is 35.5. The van der Waals surface area contributed by atoms with Crippen molar-refractivity contribution >= 4 is 17.3 Å². The highest BCUT2D eigenvalue weighted by Crippen LogP contribution is 2.21. The van der Waals surface area contributed by atoms with Gasteiger partial charge in [0.2, 0.25) is 11.2 Å². The normalized spacial score (nSPS) is 20.7. The molecule has 1 aromatic heterocycles. The molecule has 1 atom stereocenters. The van der Waals surface area contributed by atoms with Gasteiger partial charge < -0.3 is 15.4 Å². The second-order valence-corrected chi connectivity index (χ2v) is 4.65. The number of halogens is 1. The van der Waals surface area contributed by atoms with E-state index in [9.17, 15) is 0 Å². The first kappa shape index (κ1) is 12.4. The van der Waals surface area contributed by atoms with E-state index in [-0.39, 0.29) is 5.28 Å². The first-order chi connectivity index (χ1) is 8.16. The van der Waals surface area contributed by atoms with Gasteiger partial charge in [0.1, 0.15) is 5.69 Å². The van der Waals surface area contributed by atoms with E-state index in [4.69, 9.17) is 22.1 Å². The summed E-state index contributed by atoms with van der Waals surface area (Å²) in [6.07, 6.45) is 4.95. The van der Waals surface area contributed by atoms with E-state index in [1.165, 1.54) is 25.6 Å². The van der Waals surface area contributed by atoms with Crippen molar-refractivity contribution in [2.75, 3.05) is 25.9 Å². The van der Waals surface area contributed by atoms with Crippen LogP contribution < -0.4 is 10.5 Å². The maximum Gasteiger partial charge on any atom is 0.241 e. The number of nitrogens with two attached hydrogens (primary N) is 1. The van der Waals surface area contributed by atoms with E-state index in [1.54, 1.807) is 0 Å². The SMILES string of the molecule is CN1CCCC1CCOc1nc(Cl)ncc1N. The predicted molar refractivity (Wildman–Crippen MR) is 67.2 cm³/mol.